The van der Waals surface area contributed by atoms with Crippen LogP contribution in [0.25, 0.3) is 0 Å². The van der Waals surface area contributed by atoms with Crippen molar-refractivity contribution >= 4 is 11.6 Å². The zero-order chi connectivity index (χ0) is 15.1. The number of ether oxygens (including phenoxy) is 2. The first-order valence-corrected chi connectivity index (χ1v) is 7.52. The van der Waals surface area contributed by atoms with Crippen LogP contribution in [0.1, 0.15) is 31.3 Å². The maximum Gasteiger partial charge on any atom is 0.119 e. The van der Waals surface area contributed by atoms with Crippen molar-refractivity contribution in [2.75, 3.05) is 13.2 Å². The average molecular weight is 310 g/mol. The summed E-state index contributed by atoms with van der Waals surface area (Å²) in [6, 6.07) is 7.62. The second-order valence-electron chi connectivity index (χ2n) is 4.69. The lowest BCUT2D eigenvalue weighted by molar-refractivity contribution is 0.287. The molecule has 0 N–H and O–H groups in total. The van der Waals surface area contributed by atoms with E-state index in [0.29, 0.717) is 13.2 Å². The fourth-order valence-corrected chi connectivity index (χ4v) is 1.81. The second-order valence-corrected chi connectivity index (χ2v) is 5.35. The molecule has 0 aliphatic carbocycles. The van der Waals surface area contributed by atoms with Crippen molar-refractivity contribution in [1.82, 2.24) is 15.0 Å². The minimum atomic E-state index is -0.129. The highest BCUT2D eigenvalue weighted by atomic mass is 35.5. The van der Waals surface area contributed by atoms with Crippen LogP contribution in [0.2, 0.25) is 0 Å². The Morgan fingerprint density at radius 3 is 2.29 bits per heavy atom. The minimum Gasteiger partial charge on any atom is -0.494 e. The molecule has 2 aromatic rings. The van der Waals surface area contributed by atoms with Crippen molar-refractivity contribution in [3.8, 4) is 11.5 Å². The summed E-state index contributed by atoms with van der Waals surface area (Å²) in [5.41, 5.74) is 0.772. The standard InChI is InChI=1S/C15H20ClN3O2/c1-3-9-20-13-4-6-14(7-5-13)21-10-8-19-11-15(12(2)16)17-18-19/h4-7,11-12H,3,8-10H2,1-2H3. The van der Waals surface area contributed by atoms with Gasteiger partial charge in [-0.1, -0.05) is 12.1 Å². The molecule has 5 nitrogen and oxygen atoms in total. The summed E-state index contributed by atoms with van der Waals surface area (Å²) in [5, 5.41) is 7.86. The normalized spacial score (nSPS) is 12.1. The topological polar surface area (TPSA) is 49.2 Å². The lowest BCUT2D eigenvalue weighted by atomic mass is 10.3. The Morgan fingerprint density at radius 2 is 1.76 bits per heavy atom. The quantitative estimate of drug-likeness (QED) is 0.701. The third-order valence-electron chi connectivity index (χ3n) is 2.85. The summed E-state index contributed by atoms with van der Waals surface area (Å²) in [5.74, 6) is 1.67. The van der Waals surface area contributed by atoms with Gasteiger partial charge in [0.25, 0.3) is 0 Å². The number of nitrogens with zero attached hydrogens (tertiary/aromatic N) is 3. The monoisotopic (exact) mass is 309 g/mol. The first kappa shape index (κ1) is 15.6. The van der Waals surface area contributed by atoms with Gasteiger partial charge in [0.05, 0.1) is 24.7 Å². The van der Waals surface area contributed by atoms with Crippen LogP contribution in [0.4, 0.5) is 0 Å². The van der Waals surface area contributed by atoms with Gasteiger partial charge in [-0.2, -0.15) is 0 Å². The van der Waals surface area contributed by atoms with Gasteiger partial charge in [-0.3, -0.25) is 0 Å². The molecule has 0 aliphatic heterocycles. The Morgan fingerprint density at radius 1 is 1.14 bits per heavy atom. The van der Waals surface area contributed by atoms with E-state index in [2.05, 4.69) is 17.2 Å². The molecule has 1 aromatic heterocycles. The molecule has 0 saturated carbocycles. The molecule has 1 heterocycles. The van der Waals surface area contributed by atoms with Crippen LogP contribution in [0.3, 0.4) is 0 Å². The Kier molecular flexibility index (Phi) is 5.87. The van der Waals surface area contributed by atoms with Crippen molar-refractivity contribution in [2.24, 2.45) is 0 Å². The summed E-state index contributed by atoms with van der Waals surface area (Å²) >= 11 is 5.94. The molecule has 0 fully saturated rings. The Balaban J connectivity index is 1.77. The molecule has 2 rings (SSSR count). The Hall–Kier alpha value is -1.75. The molecule has 0 aliphatic rings. The van der Waals surface area contributed by atoms with Crippen molar-refractivity contribution in [1.29, 1.82) is 0 Å². The van der Waals surface area contributed by atoms with E-state index in [-0.39, 0.29) is 5.38 Å². The summed E-state index contributed by atoms with van der Waals surface area (Å²) in [6.07, 6.45) is 2.84. The van der Waals surface area contributed by atoms with Crippen molar-refractivity contribution in [3.05, 3.63) is 36.2 Å². The molecule has 0 spiro atoms. The van der Waals surface area contributed by atoms with Crippen LogP contribution in [0.5, 0.6) is 11.5 Å². The zero-order valence-corrected chi connectivity index (χ0v) is 13.1. The van der Waals surface area contributed by atoms with Crippen molar-refractivity contribution in [3.63, 3.8) is 0 Å². The van der Waals surface area contributed by atoms with Crippen molar-refractivity contribution < 1.29 is 9.47 Å². The van der Waals surface area contributed by atoms with E-state index in [4.69, 9.17) is 21.1 Å². The molecule has 114 valence electrons. The van der Waals surface area contributed by atoms with E-state index in [9.17, 15) is 0 Å². The molecule has 1 unspecified atom stereocenters. The van der Waals surface area contributed by atoms with Crippen LogP contribution in [0.15, 0.2) is 30.5 Å². The average Bonchev–Trinajstić information content (AvgIpc) is 2.95. The number of rotatable bonds is 8. The molecule has 1 atom stereocenters. The highest BCUT2D eigenvalue weighted by Crippen LogP contribution is 2.18. The lowest BCUT2D eigenvalue weighted by Crippen LogP contribution is -2.08. The highest BCUT2D eigenvalue weighted by Gasteiger charge is 2.06. The number of hydrogen-bond acceptors (Lipinski definition) is 4. The van der Waals surface area contributed by atoms with Crippen LogP contribution >= 0.6 is 11.6 Å². The predicted octanol–water partition coefficient (Wildman–Crippen LogP) is 3.45. The van der Waals surface area contributed by atoms with Gasteiger partial charge in [0.15, 0.2) is 0 Å². The molecule has 6 heteroatoms. The molecule has 1 aromatic carbocycles. The molecular weight excluding hydrogens is 290 g/mol. The predicted molar refractivity (Wildman–Crippen MR) is 82.0 cm³/mol. The van der Waals surface area contributed by atoms with Gasteiger partial charge in [0.2, 0.25) is 0 Å². The van der Waals surface area contributed by atoms with Crippen molar-refractivity contribution in [2.45, 2.75) is 32.2 Å². The molecule has 21 heavy (non-hydrogen) atoms. The minimum absolute atomic E-state index is 0.129. The second kappa shape index (κ2) is 7.88. The highest BCUT2D eigenvalue weighted by molar-refractivity contribution is 6.20. The van der Waals surface area contributed by atoms with E-state index in [1.54, 1.807) is 4.68 Å². The Labute approximate surface area is 129 Å². The zero-order valence-electron chi connectivity index (χ0n) is 12.3. The van der Waals surface area contributed by atoms with Gasteiger partial charge in [-0.25, -0.2) is 4.68 Å². The molecule has 0 amide bonds. The number of alkyl halides is 1. The van der Waals surface area contributed by atoms with Crippen LogP contribution in [0, 0.1) is 0 Å². The molecule has 0 radical (unpaired) electrons. The number of halogens is 1. The largest absolute Gasteiger partial charge is 0.494 e. The third kappa shape index (κ3) is 4.93. The van der Waals surface area contributed by atoms with E-state index >= 15 is 0 Å². The summed E-state index contributed by atoms with van der Waals surface area (Å²) in [7, 11) is 0. The molecule has 0 bridgehead atoms. The van der Waals surface area contributed by atoms with E-state index in [1.165, 1.54) is 0 Å². The summed E-state index contributed by atoms with van der Waals surface area (Å²) < 4.78 is 12.9. The number of benzene rings is 1. The van der Waals surface area contributed by atoms with Crippen LogP contribution < -0.4 is 9.47 Å². The van der Waals surface area contributed by atoms with Crippen LogP contribution in [-0.2, 0) is 6.54 Å². The van der Waals surface area contributed by atoms with Gasteiger partial charge in [0, 0.05) is 0 Å². The number of hydrogen-bond donors (Lipinski definition) is 0. The SMILES string of the molecule is CCCOc1ccc(OCCn2cc(C(C)Cl)nn2)cc1. The smallest absolute Gasteiger partial charge is 0.119 e. The Bertz CT molecular complexity index is 540. The molecule has 0 saturated heterocycles. The van der Waals surface area contributed by atoms with E-state index < -0.39 is 0 Å². The van der Waals surface area contributed by atoms with Crippen LogP contribution in [-0.4, -0.2) is 28.2 Å². The van der Waals surface area contributed by atoms with E-state index in [1.807, 2.05) is 37.4 Å². The van der Waals surface area contributed by atoms with Gasteiger partial charge < -0.3 is 9.47 Å². The molecular formula is C15H20ClN3O2. The van der Waals surface area contributed by atoms with E-state index in [0.717, 1.165) is 30.2 Å². The maximum absolute atomic E-state index is 5.94. The van der Waals surface area contributed by atoms with Gasteiger partial charge in [-0.05, 0) is 37.6 Å². The maximum atomic E-state index is 5.94. The van der Waals surface area contributed by atoms with Gasteiger partial charge in [0.1, 0.15) is 23.8 Å². The lowest BCUT2D eigenvalue weighted by Gasteiger charge is -2.08. The summed E-state index contributed by atoms with van der Waals surface area (Å²) in [4.78, 5) is 0. The van der Waals surface area contributed by atoms with Gasteiger partial charge in [-0.15, -0.1) is 16.7 Å². The fraction of sp³-hybridized carbons (Fsp3) is 0.467. The first-order valence-electron chi connectivity index (χ1n) is 7.09. The summed E-state index contributed by atoms with van der Waals surface area (Å²) in [6.45, 7) is 5.83. The number of aromatic nitrogens is 3. The fourth-order valence-electron chi connectivity index (χ4n) is 1.71. The third-order valence-corrected chi connectivity index (χ3v) is 3.07. The van der Waals surface area contributed by atoms with Gasteiger partial charge >= 0.3 is 0 Å². The first-order chi connectivity index (χ1) is 10.2.